The van der Waals surface area contributed by atoms with E-state index in [1.54, 1.807) is 40.8 Å². The number of oxime groups is 1. The lowest BCUT2D eigenvalue weighted by Crippen LogP contribution is -2.68. The van der Waals surface area contributed by atoms with Gasteiger partial charge in [-0.25, -0.2) is 9.78 Å². The first-order chi connectivity index (χ1) is 21.6. The number of thiazole rings is 1. The minimum atomic E-state index is -4.99. The molecule has 4 rings (SSSR count). The van der Waals surface area contributed by atoms with E-state index in [1.807, 2.05) is 6.20 Å². The molecule has 1 amide bonds. The number of ketones is 1. The highest BCUT2D eigenvalue weighted by Gasteiger charge is 2.57. The topological polar surface area (TPSA) is 256 Å². The molecule has 1 aliphatic heterocycles. The fourth-order valence-corrected chi connectivity index (χ4v) is 5.56. The van der Waals surface area contributed by atoms with E-state index in [4.69, 9.17) is 25.6 Å². The molecule has 1 saturated heterocycles. The predicted molar refractivity (Wildman–Crippen MR) is 160 cm³/mol. The first-order valence-electron chi connectivity index (χ1n) is 13.7. The third-order valence-electron chi connectivity index (χ3n) is 7.04. The molecule has 0 spiro atoms. The first kappa shape index (κ1) is 34.4. The van der Waals surface area contributed by atoms with Gasteiger partial charge < -0.3 is 26.1 Å². The number of Topliss-reactive ketones (excluding diaryl/α,β-unsaturated/α-hetero) is 1. The molecular weight excluding hydrogens is 648 g/mol. The Balaban J connectivity index is 1.46. The second-order valence-electron chi connectivity index (χ2n) is 10.7. The number of rotatable bonds is 16. The number of carboxylic acids is 1. The number of aromatic nitrogens is 4. The number of carbonyl (C=O) groups excluding carboxylic acids is 2. The summed E-state index contributed by atoms with van der Waals surface area (Å²) in [5.74, 6) is -3.85. The van der Waals surface area contributed by atoms with Crippen molar-refractivity contribution >= 4 is 50.2 Å². The minimum absolute atomic E-state index is 0.0258. The number of carboxylic acid groups (broad SMARTS) is 1. The lowest BCUT2D eigenvalue weighted by Gasteiger charge is -2.50. The molecule has 46 heavy (non-hydrogen) atoms. The maximum absolute atomic E-state index is 13.3. The summed E-state index contributed by atoms with van der Waals surface area (Å²) in [6.45, 7) is 3.59. The monoisotopic (exact) mass is 681 g/mol. The van der Waals surface area contributed by atoms with Gasteiger partial charge >= 0.3 is 16.4 Å². The Morgan fingerprint density at radius 1 is 1.30 bits per heavy atom. The summed E-state index contributed by atoms with van der Waals surface area (Å²) in [5.41, 5.74) is 11.2. The van der Waals surface area contributed by atoms with Crippen molar-refractivity contribution in [2.45, 2.75) is 44.9 Å². The van der Waals surface area contributed by atoms with Gasteiger partial charge in [-0.1, -0.05) is 5.16 Å². The number of carbonyl (C=O) groups is 3. The Morgan fingerprint density at radius 3 is 2.63 bits per heavy atom. The van der Waals surface area contributed by atoms with Crippen LogP contribution in [0.4, 0.5) is 5.13 Å². The highest BCUT2D eigenvalue weighted by molar-refractivity contribution is 7.80. The average Bonchev–Trinajstić information content (AvgIpc) is 3.63. The lowest BCUT2D eigenvalue weighted by atomic mass is 9.74. The van der Waals surface area contributed by atoms with Gasteiger partial charge in [0, 0.05) is 30.6 Å². The molecular formula is C26H33N8O10S2+. The standard InChI is InChI=1S/C26H32N8O10S2/c1-26(2)17(23(36)34(26)44-46(39,40)41)9-20(35)22(18-14-45-25(28)30-18)31-43-21(24(37)38)13-42-16-5-6-19(32(3)12-16)15-10-29-33(11-15)8-4-7-27/h5-6,10-12,14,17,21H,4,7-9,13,27H2,1-3H3,(H3-,28,30,37,38,39,40,41)/p+1/b31-22-/t17-,21+/m1/s1. The maximum Gasteiger partial charge on any atom is 0.418 e. The summed E-state index contributed by atoms with van der Waals surface area (Å²) in [7, 11) is -3.20. The van der Waals surface area contributed by atoms with Crippen molar-refractivity contribution in [1.29, 1.82) is 0 Å². The van der Waals surface area contributed by atoms with Crippen LogP contribution >= 0.6 is 11.3 Å². The number of hydroxylamine groups is 2. The predicted octanol–water partition coefficient (Wildman–Crippen LogP) is -0.0544. The number of nitrogens with zero attached hydrogens (tertiary/aromatic N) is 6. The summed E-state index contributed by atoms with van der Waals surface area (Å²) in [6, 6.07) is 3.43. The first-order valence-corrected chi connectivity index (χ1v) is 15.9. The molecule has 3 aromatic rings. The van der Waals surface area contributed by atoms with Crippen LogP contribution in [0.5, 0.6) is 5.75 Å². The number of hydrogen-bond acceptors (Lipinski definition) is 14. The summed E-state index contributed by atoms with van der Waals surface area (Å²) in [6.07, 6.45) is 3.88. The summed E-state index contributed by atoms with van der Waals surface area (Å²) < 4.78 is 44.7. The molecule has 0 unspecified atom stereocenters. The zero-order valence-corrected chi connectivity index (χ0v) is 26.6. The largest absolute Gasteiger partial charge is 0.483 e. The van der Waals surface area contributed by atoms with Crippen molar-refractivity contribution < 1.29 is 50.9 Å². The molecule has 3 aromatic heterocycles. The van der Waals surface area contributed by atoms with Crippen LogP contribution < -0.4 is 20.8 Å². The third kappa shape index (κ3) is 8.01. The van der Waals surface area contributed by atoms with Crippen LogP contribution in [0.25, 0.3) is 11.3 Å². The molecule has 0 saturated carbocycles. The zero-order valence-electron chi connectivity index (χ0n) is 25.0. The zero-order chi connectivity index (χ0) is 33.8. The Morgan fingerprint density at radius 2 is 2.04 bits per heavy atom. The van der Waals surface area contributed by atoms with Gasteiger partial charge in [-0.3, -0.25) is 18.8 Å². The molecule has 0 aromatic carbocycles. The highest BCUT2D eigenvalue weighted by Crippen LogP contribution is 2.40. The molecule has 18 nitrogen and oxygen atoms in total. The van der Waals surface area contributed by atoms with E-state index in [2.05, 4.69) is 19.5 Å². The number of hydrogen-bond donors (Lipinski definition) is 4. The number of ether oxygens (including phenoxy) is 1. The Hall–Kier alpha value is -4.50. The third-order valence-corrected chi connectivity index (χ3v) is 8.05. The smallest absolute Gasteiger partial charge is 0.418 e. The molecule has 1 fully saturated rings. The van der Waals surface area contributed by atoms with E-state index < -0.39 is 64.4 Å². The van der Waals surface area contributed by atoms with Gasteiger partial charge in [0.2, 0.25) is 11.9 Å². The van der Waals surface area contributed by atoms with E-state index in [-0.39, 0.29) is 10.8 Å². The Labute approximate surface area is 267 Å². The van der Waals surface area contributed by atoms with E-state index >= 15 is 0 Å². The molecule has 2 atom stereocenters. The van der Waals surface area contributed by atoms with Crippen molar-refractivity contribution in [2.24, 2.45) is 23.9 Å². The highest BCUT2D eigenvalue weighted by atomic mass is 32.3. The van der Waals surface area contributed by atoms with E-state index in [0.717, 1.165) is 29.0 Å². The number of anilines is 1. The van der Waals surface area contributed by atoms with E-state index in [9.17, 15) is 27.9 Å². The second kappa shape index (κ2) is 13.9. The van der Waals surface area contributed by atoms with Gasteiger partial charge in [-0.15, -0.1) is 15.6 Å². The van der Waals surface area contributed by atoms with Crippen molar-refractivity contribution in [3.05, 3.63) is 41.8 Å². The van der Waals surface area contributed by atoms with E-state index in [1.165, 1.54) is 19.2 Å². The molecule has 4 heterocycles. The fourth-order valence-electron chi connectivity index (χ4n) is 4.56. The Kier molecular flexibility index (Phi) is 10.4. The van der Waals surface area contributed by atoms with Gasteiger partial charge in [0.1, 0.15) is 19.3 Å². The van der Waals surface area contributed by atoms with Crippen molar-refractivity contribution in [3.8, 4) is 17.0 Å². The van der Waals surface area contributed by atoms with Crippen LogP contribution in [0.15, 0.2) is 41.3 Å². The second-order valence-corrected chi connectivity index (χ2v) is 12.6. The number of nitrogens with two attached hydrogens (primary N) is 2. The van der Waals surface area contributed by atoms with Gasteiger partial charge in [0.15, 0.2) is 22.4 Å². The van der Waals surface area contributed by atoms with Gasteiger partial charge in [0.05, 0.1) is 23.2 Å². The maximum atomic E-state index is 13.3. The van der Waals surface area contributed by atoms with Crippen LogP contribution in [-0.4, -0.2) is 86.1 Å². The number of aryl methyl sites for hydroxylation is 2. The van der Waals surface area contributed by atoms with Crippen LogP contribution in [0.3, 0.4) is 0 Å². The average molecular weight is 682 g/mol. The quantitative estimate of drug-likeness (QED) is 0.0508. The van der Waals surface area contributed by atoms with E-state index in [0.29, 0.717) is 23.9 Å². The molecule has 6 N–H and O–H groups in total. The van der Waals surface area contributed by atoms with Crippen molar-refractivity contribution in [1.82, 2.24) is 19.8 Å². The molecule has 0 radical (unpaired) electrons. The Bertz CT molecular complexity index is 1750. The van der Waals surface area contributed by atoms with Crippen LogP contribution in [-0.2, 0) is 47.5 Å². The van der Waals surface area contributed by atoms with Crippen molar-refractivity contribution in [2.75, 3.05) is 18.9 Å². The minimum Gasteiger partial charge on any atom is -0.483 e. The van der Waals surface area contributed by atoms with Crippen LogP contribution in [0.1, 0.15) is 32.4 Å². The summed E-state index contributed by atoms with van der Waals surface area (Å²) in [4.78, 5) is 47.1. The summed E-state index contributed by atoms with van der Waals surface area (Å²) in [5, 5.41) is 19.8. The number of aliphatic carboxylic acids is 1. The fraction of sp³-hybridized carbons (Fsp3) is 0.423. The summed E-state index contributed by atoms with van der Waals surface area (Å²) >= 11 is 0.984. The SMILES string of the molecule is C[n+]1cc(OC[C@H](O/N=C(\C(=O)C[C@@H]2C(=O)N(OS(=O)(=O)O)C2(C)C)c2csc(N)n2)C(=O)O)ccc1-c1cnn(CCCN)c1. The van der Waals surface area contributed by atoms with Gasteiger partial charge in [0.25, 0.3) is 12.0 Å². The molecule has 1 aliphatic rings. The van der Waals surface area contributed by atoms with Crippen LogP contribution in [0.2, 0.25) is 0 Å². The van der Waals surface area contributed by atoms with Gasteiger partial charge in [-0.05, 0) is 32.9 Å². The van der Waals surface area contributed by atoms with Gasteiger partial charge in [-0.2, -0.15) is 23.1 Å². The number of nitrogen functional groups attached to an aromatic ring is 1. The van der Waals surface area contributed by atoms with Crippen molar-refractivity contribution in [3.63, 3.8) is 0 Å². The molecule has 0 aliphatic carbocycles. The number of pyridine rings is 1. The molecule has 248 valence electrons. The molecule has 20 heteroatoms. The molecule has 0 bridgehead atoms. The normalized spacial score (nSPS) is 17.0. The lowest BCUT2D eigenvalue weighted by molar-refractivity contribution is -0.660. The van der Waals surface area contributed by atoms with Crippen LogP contribution in [0, 0.1) is 5.92 Å². The number of amides is 1. The number of β-lactam (4-membered cyclic amide) rings is 1.